The Bertz CT molecular complexity index is 1930. The Labute approximate surface area is 311 Å². The third kappa shape index (κ3) is 7.38. The second-order valence-electron chi connectivity index (χ2n) is 15.2. The van der Waals surface area contributed by atoms with Crippen molar-refractivity contribution in [2.45, 2.75) is 121 Å². The Hall–Kier alpha value is -3.46. The van der Waals surface area contributed by atoms with Crippen molar-refractivity contribution in [2.75, 3.05) is 0 Å². The number of aryl methyl sites for hydroxylation is 4. The van der Waals surface area contributed by atoms with Crippen molar-refractivity contribution < 1.29 is 31.5 Å². The number of hydrogen-bond acceptors (Lipinski definition) is 0. The zero-order valence-electron chi connectivity index (χ0n) is 32.2. The molecule has 1 aliphatic heterocycles. The van der Waals surface area contributed by atoms with Crippen molar-refractivity contribution in [2.24, 2.45) is 0 Å². The van der Waals surface area contributed by atoms with Crippen molar-refractivity contribution in [1.29, 1.82) is 0 Å². The Morgan fingerprint density at radius 3 is 1.08 bits per heavy atom. The summed E-state index contributed by atoms with van der Waals surface area (Å²) in [5.41, 5.74) is 18.1. The summed E-state index contributed by atoms with van der Waals surface area (Å²) in [6, 6.07) is 26.2. The van der Waals surface area contributed by atoms with Gasteiger partial charge < -0.3 is 4.98 Å². The Kier molecular flexibility index (Phi) is 11.9. The average molecular weight is 836 g/mol. The van der Waals surface area contributed by atoms with Crippen LogP contribution < -0.4 is 4.98 Å². The maximum Gasteiger partial charge on any atom is 1.00 e. The molecule has 0 aliphatic carbocycles. The van der Waals surface area contributed by atoms with Crippen LogP contribution in [0, 0.1) is 27.7 Å². The number of benzene rings is 4. The van der Waals surface area contributed by atoms with E-state index in [0.717, 1.165) is 11.0 Å². The van der Waals surface area contributed by atoms with Crippen LogP contribution in [0.2, 0.25) is 0 Å². The Morgan fingerprint density at radius 1 is 0.490 bits per heavy atom. The molecule has 0 saturated carbocycles. The number of nitrogens with zero attached hydrogens (tertiary/aromatic N) is 3. The molecule has 0 N–H and O–H groups in total. The van der Waals surface area contributed by atoms with Gasteiger partial charge in [-0.2, -0.15) is 0 Å². The van der Waals surface area contributed by atoms with Gasteiger partial charge in [-0.15, -0.1) is 11.0 Å². The van der Waals surface area contributed by atoms with Crippen LogP contribution in [0.3, 0.4) is 0 Å². The molecule has 4 aromatic carbocycles. The number of allylic oxidation sites excluding steroid dienone is 2. The van der Waals surface area contributed by atoms with Crippen LogP contribution in [0.5, 0.6) is 0 Å². The maximum atomic E-state index is 4.80. The van der Waals surface area contributed by atoms with E-state index in [1.165, 1.54) is 78.0 Å². The first-order chi connectivity index (χ1) is 22.6. The number of aromatic nitrogens is 1. The standard InChI is InChI=1S/C29H40N2.C16H16N.Au/c1-18(2)24-13-11-14-25(19(3)4)28(24)30-17-31(23(10)22(30)9)29-26(20(5)6)15-12-16-27(29)21(7)8;1-9-5-11(3)15-13(7-9)14-8-10(2)6-12(4)16(14)17-15;/h11-16,18-21H,1-10H3;5-8H,1-4H3;/q+2;-1;+1. The first-order valence-corrected chi connectivity index (χ1v) is 17.9. The normalized spacial score (nSPS) is 13.1. The van der Waals surface area contributed by atoms with Crippen molar-refractivity contribution in [3.63, 3.8) is 0 Å². The number of hydrogen-bond donors (Lipinski definition) is 0. The van der Waals surface area contributed by atoms with Crippen molar-refractivity contribution >= 4 is 39.2 Å². The Morgan fingerprint density at radius 2 is 0.796 bits per heavy atom. The molecule has 1 aliphatic rings. The molecular formula is C45H56AuN3+2. The first kappa shape index (κ1) is 38.3. The van der Waals surface area contributed by atoms with E-state index in [1.807, 2.05) is 0 Å². The summed E-state index contributed by atoms with van der Waals surface area (Å²) in [4.78, 5) is 4.80. The van der Waals surface area contributed by atoms with E-state index in [4.69, 9.17) is 4.98 Å². The molecule has 6 rings (SSSR count). The minimum absolute atomic E-state index is 0. The van der Waals surface area contributed by atoms with Gasteiger partial charge in [-0.3, -0.25) is 0 Å². The summed E-state index contributed by atoms with van der Waals surface area (Å²) in [6.07, 6.45) is 0. The third-order valence-corrected chi connectivity index (χ3v) is 9.93. The maximum absolute atomic E-state index is 4.80. The van der Waals surface area contributed by atoms with Gasteiger partial charge in [0.05, 0.1) is 0 Å². The van der Waals surface area contributed by atoms with E-state index in [9.17, 15) is 0 Å². The topological polar surface area (TPSA) is 20.1 Å². The van der Waals surface area contributed by atoms with Crippen LogP contribution in [-0.4, -0.2) is 15.2 Å². The van der Waals surface area contributed by atoms with E-state index in [1.54, 1.807) is 0 Å². The minimum atomic E-state index is 0. The summed E-state index contributed by atoms with van der Waals surface area (Å²) < 4.78 is 4.64. The predicted molar refractivity (Wildman–Crippen MR) is 206 cm³/mol. The molecule has 260 valence electrons. The molecule has 4 heteroatoms. The van der Waals surface area contributed by atoms with Gasteiger partial charge in [-0.1, -0.05) is 147 Å². The smallest absolute Gasteiger partial charge is 0.656 e. The van der Waals surface area contributed by atoms with E-state index in [0.29, 0.717) is 23.7 Å². The fourth-order valence-electron chi connectivity index (χ4n) is 7.29. The average Bonchev–Trinajstić information content (AvgIpc) is 3.53. The van der Waals surface area contributed by atoms with Crippen LogP contribution in [0.25, 0.3) is 21.8 Å². The van der Waals surface area contributed by atoms with E-state index in [2.05, 4.69) is 173 Å². The SMILES string of the molecule is CC1=C(C)[N+](c2c(C(C)C)cccc2C(C)C)=C=[N+]1c1c(C(C)C)cccc1C(C)C.Cc1cc(C)c2[n-]c3c(C)cc(C)cc3c2c1.[Au+]. The zero-order chi connectivity index (χ0) is 35.2. The largest absolute Gasteiger partial charge is 1.00 e. The first-order valence-electron chi connectivity index (χ1n) is 17.9. The van der Waals surface area contributed by atoms with Crippen LogP contribution in [0.1, 0.15) is 137 Å². The van der Waals surface area contributed by atoms with Gasteiger partial charge in [-0.05, 0) is 62.1 Å². The summed E-state index contributed by atoms with van der Waals surface area (Å²) >= 11 is 0. The van der Waals surface area contributed by atoms with Gasteiger partial charge in [0.25, 0.3) is 11.4 Å². The fourth-order valence-corrected chi connectivity index (χ4v) is 7.29. The molecule has 0 bridgehead atoms. The quantitative estimate of drug-likeness (QED) is 0.123. The molecule has 2 heterocycles. The molecule has 0 unspecified atom stereocenters. The van der Waals surface area contributed by atoms with Crippen LogP contribution in [0.4, 0.5) is 11.4 Å². The van der Waals surface area contributed by atoms with Gasteiger partial charge in [0.1, 0.15) is 0 Å². The molecule has 0 atom stereocenters. The molecule has 0 saturated heterocycles. The molecule has 1 aromatic heterocycles. The predicted octanol–water partition coefficient (Wildman–Crippen LogP) is 12.8. The number of para-hydroxylation sites is 2. The van der Waals surface area contributed by atoms with Crippen LogP contribution >= 0.6 is 0 Å². The van der Waals surface area contributed by atoms with E-state index < -0.39 is 0 Å². The summed E-state index contributed by atoms with van der Waals surface area (Å²) in [7, 11) is 0. The van der Waals surface area contributed by atoms with Gasteiger partial charge >= 0.3 is 28.4 Å². The molecule has 0 spiro atoms. The second-order valence-corrected chi connectivity index (χ2v) is 15.2. The molecule has 3 nitrogen and oxygen atoms in total. The van der Waals surface area contributed by atoms with Gasteiger partial charge in [-0.25, -0.2) is 0 Å². The Balaban J connectivity index is 0.000000252. The molecular weight excluding hydrogens is 779 g/mol. The van der Waals surface area contributed by atoms with Crippen LogP contribution in [0.15, 0.2) is 72.1 Å². The van der Waals surface area contributed by atoms with Gasteiger partial charge in [0.2, 0.25) is 11.4 Å². The second kappa shape index (κ2) is 15.2. The monoisotopic (exact) mass is 835 g/mol. The third-order valence-electron chi connectivity index (χ3n) is 9.93. The molecule has 49 heavy (non-hydrogen) atoms. The summed E-state index contributed by atoms with van der Waals surface area (Å²) in [5, 5.41) is 2.59. The minimum Gasteiger partial charge on any atom is -0.656 e. The van der Waals surface area contributed by atoms with E-state index in [-0.39, 0.29) is 22.4 Å². The van der Waals surface area contributed by atoms with Gasteiger partial charge in [0, 0.05) is 36.1 Å². The molecule has 0 amide bonds. The molecule has 0 radical (unpaired) electrons. The zero-order valence-corrected chi connectivity index (χ0v) is 34.4. The van der Waals surface area contributed by atoms with Gasteiger partial charge in [0.15, 0.2) is 0 Å². The van der Waals surface area contributed by atoms with Crippen molar-refractivity contribution in [3.8, 4) is 0 Å². The molecule has 0 fully saturated rings. The van der Waals surface area contributed by atoms with Crippen molar-refractivity contribution in [3.05, 3.63) is 117 Å². The van der Waals surface area contributed by atoms with E-state index >= 15 is 0 Å². The number of fused-ring (bicyclic) bond motifs is 3. The van der Waals surface area contributed by atoms with Crippen molar-refractivity contribution in [1.82, 2.24) is 4.98 Å². The molecule has 5 aromatic rings. The summed E-state index contributed by atoms with van der Waals surface area (Å²) in [5.74, 6) is 1.80. The fraction of sp³-hybridized carbons (Fsp3) is 0.400. The summed E-state index contributed by atoms with van der Waals surface area (Å²) in [6.45, 7) is 31.3. The van der Waals surface area contributed by atoms with Crippen LogP contribution in [-0.2, 0) is 22.4 Å². The number of rotatable bonds is 6.